The maximum Gasteiger partial charge on any atom is 0.412 e. The Kier molecular flexibility index (Phi) is 6.57. The van der Waals surface area contributed by atoms with Gasteiger partial charge in [-0.2, -0.15) is 0 Å². The van der Waals surface area contributed by atoms with Gasteiger partial charge in [0.15, 0.2) is 0 Å². The fourth-order valence-electron chi connectivity index (χ4n) is 5.17. The molecule has 0 radical (unpaired) electrons. The lowest BCUT2D eigenvalue weighted by Gasteiger charge is -2.34. The summed E-state index contributed by atoms with van der Waals surface area (Å²) >= 11 is 0. The van der Waals surface area contributed by atoms with Crippen molar-refractivity contribution in [3.63, 3.8) is 0 Å². The normalized spacial score (nSPS) is 16.2. The Morgan fingerprint density at radius 1 is 0.947 bits per heavy atom. The number of hydrogen-bond acceptors (Lipinski definition) is 5. The predicted molar refractivity (Wildman–Crippen MR) is 142 cm³/mol. The van der Waals surface area contributed by atoms with Crippen LogP contribution in [-0.2, 0) is 27.2 Å². The SMILES string of the molecule is CC(C)(C)OC(=O)Nc1ccc2c(c1)CN(C(=O)OCC1c3ccccc3-c3ccccc31)[C@H](C(=O)O)C2. The molecule has 0 unspecified atom stereocenters. The van der Waals surface area contributed by atoms with E-state index < -0.39 is 29.8 Å². The van der Waals surface area contributed by atoms with E-state index >= 15 is 0 Å². The molecule has 38 heavy (non-hydrogen) atoms. The van der Waals surface area contributed by atoms with Crippen molar-refractivity contribution in [3.05, 3.63) is 89.0 Å². The van der Waals surface area contributed by atoms with Gasteiger partial charge in [0.1, 0.15) is 18.2 Å². The summed E-state index contributed by atoms with van der Waals surface area (Å²) in [5.74, 6) is -1.23. The zero-order valence-corrected chi connectivity index (χ0v) is 21.6. The summed E-state index contributed by atoms with van der Waals surface area (Å²) in [5.41, 5.74) is 5.79. The van der Waals surface area contributed by atoms with E-state index in [1.807, 2.05) is 36.4 Å². The first-order valence-corrected chi connectivity index (χ1v) is 12.6. The summed E-state index contributed by atoms with van der Waals surface area (Å²) in [6.07, 6.45) is -1.14. The molecular weight excluding hydrogens is 484 g/mol. The number of nitrogens with one attached hydrogen (secondary N) is 1. The van der Waals surface area contributed by atoms with Crippen molar-refractivity contribution >= 4 is 23.8 Å². The fourth-order valence-corrected chi connectivity index (χ4v) is 5.17. The van der Waals surface area contributed by atoms with E-state index in [-0.39, 0.29) is 25.5 Å². The minimum atomic E-state index is -1.10. The highest BCUT2D eigenvalue weighted by Crippen LogP contribution is 2.44. The zero-order valence-electron chi connectivity index (χ0n) is 21.6. The van der Waals surface area contributed by atoms with Crippen LogP contribution in [-0.4, -0.2) is 46.4 Å². The van der Waals surface area contributed by atoms with Gasteiger partial charge in [-0.25, -0.2) is 14.4 Å². The molecule has 5 rings (SSSR count). The molecule has 1 heterocycles. The summed E-state index contributed by atoms with van der Waals surface area (Å²) in [5, 5.41) is 12.6. The second-order valence-electron chi connectivity index (χ2n) is 10.6. The summed E-state index contributed by atoms with van der Waals surface area (Å²) in [7, 11) is 0. The number of amides is 2. The van der Waals surface area contributed by atoms with E-state index in [0.29, 0.717) is 5.69 Å². The van der Waals surface area contributed by atoms with Crippen LogP contribution in [0.5, 0.6) is 0 Å². The van der Waals surface area contributed by atoms with Gasteiger partial charge in [0.05, 0.1) is 6.54 Å². The number of fused-ring (bicyclic) bond motifs is 4. The number of aliphatic carboxylic acids is 1. The maximum absolute atomic E-state index is 13.3. The van der Waals surface area contributed by atoms with E-state index in [4.69, 9.17) is 9.47 Å². The van der Waals surface area contributed by atoms with Crippen LogP contribution < -0.4 is 5.32 Å². The first-order chi connectivity index (χ1) is 18.1. The molecule has 1 aliphatic heterocycles. The molecule has 0 spiro atoms. The number of nitrogens with zero attached hydrogens (tertiary/aromatic N) is 1. The quantitative estimate of drug-likeness (QED) is 0.456. The van der Waals surface area contributed by atoms with Crippen LogP contribution in [0.25, 0.3) is 11.1 Å². The molecule has 2 amide bonds. The molecule has 8 heteroatoms. The van der Waals surface area contributed by atoms with E-state index in [2.05, 4.69) is 17.4 Å². The van der Waals surface area contributed by atoms with Crippen molar-refractivity contribution in [2.45, 2.75) is 51.3 Å². The van der Waals surface area contributed by atoms with E-state index in [1.165, 1.54) is 4.90 Å². The molecule has 8 nitrogen and oxygen atoms in total. The average molecular weight is 515 g/mol. The molecule has 0 saturated heterocycles. The third-order valence-electron chi connectivity index (χ3n) is 6.84. The number of hydrogen-bond donors (Lipinski definition) is 2. The summed E-state index contributed by atoms with van der Waals surface area (Å²) < 4.78 is 11.1. The van der Waals surface area contributed by atoms with Crippen molar-refractivity contribution in [1.82, 2.24) is 4.90 Å². The second-order valence-corrected chi connectivity index (χ2v) is 10.6. The van der Waals surface area contributed by atoms with Gasteiger partial charge < -0.3 is 14.6 Å². The molecule has 3 aromatic rings. The van der Waals surface area contributed by atoms with Crippen LogP contribution >= 0.6 is 0 Å². The first kappa shape index (κ1) is 25.3. The lowest BCUT2D eigenvalue weighted by Crippen LogP contribution is -2.49. The molecule has 2 aliphatic rings. The molecular formula is C30H30N2O6. The van der Waals surface area contributed by atoms with Gasteiger partial charge >= 0.3 is 18.2 Å². The number of anilines is 1. The third kappa shape index (κ3) is 5.07. The smallest absolute Gasteiger partial charge is 0.412 e. The van der Waals surface area contributed by atoms with Crippen LogP contribution in [0.3, 0.4) is 0 Å². The third-order valence-corrected chi connectivity index (χ3v) is 6.84. The maximum atomic E-state index is 13.3. The number of carbonyl (C=O) groups excluding carboxylic acids is 2. The van der Waals surface area contributed by atoms with Crippen LogP contribution in [0, 0.1) is 0 Å². The Morgan fingerprint density at radius 2 is 1.58 bits per heavy atom. The Balaban J connectivity index is 1.33. The van der Waals surface area contributed by atoms with Crippen molar-refractivity contribution in [1.29, 1.82) is 0 Å². The number of ether oxygens (including phenoxy) is 2. The molecule has 1 atom stereocenters. The topological polar surface area (TPSA) is 105 Å². The van der Waals surface area contributed by atoms with Crippen LogP contribution in [0.4, 0.5) is 15.3 Å². The van der Waals surface area contributed by atoms with Gasteiger partial charge in [-0.05, 0) is 66.3 Å². The van der Waals surface area contributed by atoms with Crippen LogP contribution in [0.1, 0.15) is 48.9 Å². The highest BCUT2D eigenvalue weighted by molar-refractivity contribution is 5.86. The number of carbonyl (C=O) groups is 3. The second kappa shape index (κ2) is 9.85. The van der Waals surface area contributed by atoms with Gasteiger partial charge in [-0.3, -0.25) is 10.2 Å². The molecule has 0 fully saturated rings. The van der Waals surface area contributed by atoms with E-state index in [9.17, 15) is 19.5 Å². The molecule has 2 N–H and O–H groups in total. The van der Waals surface area contributed by atoms with Crippen LogP contribution in [0.2, 0.25) is 0 Å². The monoisotopic (exact) mass is 514 g/mol. The minimum absolute atomic E-state index is 0.0484. The number of carboxylic acid groups (broad SMARTS) is 1. The first-order valence-electron chi connectivity index (χ1n) is 12.6. The lowest BCUT2D eigenvalue weighted by atomic mass is 9.93. The van der Waals surface area contributed by atoms with Crippen molar-refractivity contribution in [2.75, 3.05) is 11.9 Å². The van der Waals surface area contributed by atoms with Crippen molar-refractivity contribution < 1.29 is 29.0 Å². The Morgan fingerprint density at radius 3 is 2.18 bits per heavy atom. The fraction of sp³-hybridized carbons (Fsp3) is 0.300. The number of carboxylic acids is 1. The van der Waals surface area contributed by atoms with Gasteiger partial charge in [0, 0.05) is 18.0 Å². The van der Waals surface area contributed by atoms with Gasteiger partial charge in [-0.15, -0.1) is 0 Å². The van der Waals surface area contributed by atoms with Crippen molar-refractivity contribution in [3.8, 4) is 11.1 Å². The van der Waals surface area contributed by atoms with Gasteiger partial charge in [0.2, 0.25) is 0 Å². The Bertz CT molecular complexity index is 1360. The van der Waals surface area contributed by atoms with Gasteiger partial charge in [0.25, 0.3) is 0 Å². The molecule has 0 aromatic heterocycles. The molecule has 3 aromatic carbocycles. The molecule has 196 valence electrons. The zero-order chi connectivity index (χ0) is 27.0. The van der Waals surface area contributed by atoms with E-state index in [1.54, 1.807) is 39.0 Å². The largest absolute Gasteiger partial charge is 0.480 e. The minimum Gasteiger partial charge on any atom is -0.480 e. The Labute approximate surface area is 221 Å². The molecule has 1 aliphatic carbocycles. The molecule has 0 saturated carbocycles. The van der Waals surface area contributed by atoms with Crippen molar-refractivity contribution in [2.24, 2.45) is 0 Å². The average Bonchev–Trinajstić information content (AvgIpc) is 3.19. The summed E-state index contributed by atoms with van der Waals surface area (Å²) in [6.45, 7) is 5.48. The summed E-state index contributed by atoms with van der Waals surface area (Å²) in [6, 6.07) is 20.2. The highest BCUT2D eigenvalue weighted by atomic mass is 16.6. The standard InChI is InChI=1S/C30H30N2O6/c1-30(2,3)38-28(35)31-20-13-12-18-15-26(27(33)34)32(16-19(18)14-20)29(36)37-17-25-23-10-6-4-8-21(23)22-9-5-7-11-24(22)25/h4-14,25-26H,15-17H2,1-3H3,(H,31,35)(H,33,34)/t26-/m0/s1. The van der Waals surface area contributed by atoms with Gasteiger partial charge in [-0.1, -0.05) is 54.6 Å². The van der Waals surface area contributed by atoms with E-state index in [0.717, 1.165) is 33.4 Å². The number of rotatable bonds is 4. The number of benzene rings is 3. The lowest BCUT2D eigenvalue weighted by molar-refractivity contribution is -0.143. The summed E-state index contributed by atoms with van der Waals surface area (Å²) in [4.78, 5) is 38.8. The molecule has 0 bridgehead atoms. The highest BCUT2D eigenvalue weighted by Gasteiger charge is 2.37. The predicted octanol–water partition coefficient (Wildman–Crippen LogP) is 5.79. The Hall–Kier alpha value is -4.33. The van der Waals surface area contributed by atoms with Crippen LogP contribution in [0.15, 0.2) is 66.7 Å².